The third-order valence-electron chi connectivity index (χ3n) is 4.53. The number of hydrogen-bond donors (Lipinski definition) is 0. The van der Waals surface area contributed by atoms with Gasteiger partial charge in [-0.25, -0.2) is 0 Å². The van der Waals surface area contributed by atoms with Crippen LogP contribution >= 0.6 is 0 Å². The van der Waals surface area contributed by atoms with Crippen molar-refractivity contribution in [3.63, 3.8) is 0 Å². The molecule has 2 aromatic rings. The van der Waals surface area contributed by atoms with Crippen molar-refractivity contribution in [2.45, 2.75) is 18.6 Å². The maximum Gasteiger partial charge on any atom is 0.171 e. The second-order valence-electron chi connectivity index (χ2n) is 5.89. The minimum Gasteiger partial charge on any atom is -0.370 e. The molecule has 0 aliphatic carbocycles. The third-order valence-corrected chi connectivity index (χ3v) is 4.53. The Morgan fingerprint density at radius 2 is 1.64 bits per heavy atom. The SMILES string of the molecule is c1ccc(-c2cncc(N3CCC4(CC3)OCCO4)c2)cc1. The molecule has 1 aromatic carbocycles. The van der Waals surface area contributed by atoms with Crippen LogP contribution in [0.3, 0.4) is 0 Å². The molecule has 0 unspecified atom stereocenters. The fourth-order valence-electron chi connectivity index (χ4n) is 3.28. The van der Waals surface area contributed by atoms with E-state index >= 15 is 0 Å². The van der Waals surface area contributed by atoms with Crippen molar-refractivity contribution in [3.05, 3.63) is 48.8 Å². The van der Waals surface area contributed by atoms with Crippen molar-refractivity contribution in [2.24, 2.45) is 0 Å². The van der Waals surface area contributed by atoms with E-state index in [-0.39, 0.29) is 5.79 Å². The summed E-state index contributed by atoms with van der Waals surface area (Å²) < 4.78 is 11.6. The number of ether oxygens (including phenoxy) is 2. The highest BCUT2D eigenvalue weighted by Gasteiger charge is 2.39. The molecule has 0 radical (unpaired) electrons. The number of aromatic nitrogens is 1. The summed E-state index contributed by atoms with van der Waals surface area (Å²) in [4.78, 5) is 6.79. The van der Waals surface area contributed by atoms with E-state index in [1.807, 2.05) is 18.5 Å². The van der Waals surface area contributed by atoms with Crippen LogP contribution in [0, 0.1) is 0 Å². The molecule has 4 heteroatoms. The van der Waals surface area contributed by atoms with Gasteiger partial charge in [0.15, 0.2) is 5.79 Å². The molecule has 4 rings (SSSR count). The van der Waals surface area contributed by atoms with Gasteiger partial charge in [-0.3, -0.25) is 4.98 Å². The van der Waals surface area contributed by atoms with Gasteiger partial charge < -0.3 is 14.4 Å². The third kappa shape index (κ3) is 2.60. The fourth-order valence-corrected chi connectivity index (χ4v) is 3.28. The zero-order valence-electron chi connectivity index (χ0n) is 12.6. The van der Waals surface area contributed by atoms with E-state index in [4.69, 9.17) is 9.47 Å². The minimum absolute atomic E-state index is 0.318. The van der Waals surface area contributed by atoms with Crippen LogP contribution in [0.4, 0.5) is 5.69 Å². The Balaban J connectivity index is 1.52. The highest BCUT2D eigenvalue weighted by Crippen LogP contribution is 2.33. The average molecular weight is 296 g/mol. The van der Waals surface area contributed by atoms with Crippen molar-refractivity contribution < 1.29 is 9.47 Å². The molecule has 2 aliphatic rings. The predicted molar refractivity (Wildman–Crippen MR) is 85.8 cm³/mol. The summed E-state index contributed by atoms with van der Waals surface area (Å²) in [7, 11) is 0. The Hall–Kier alpha value is -1.91. The summed E-state index contributed by atoms with van der Waals surface area (Å²) in [6.45, 7) is 3.34. The summed E-state index contributed by atoms with van der Waals surface area (Å²) >= 11 is 0. The number of pyridine rings is 1. The van der Waals surface area contributed by atoms with E-state index < -0.39 is 0 Å². The fraction of sp³-hybridized carbons (Fsp3) is 0.389. The Morgan fingerprint density at radius 3 is 2.36 bits per heavy atom. The topological polar surface area (TPSA) is 34.6 Å². The zero-order valence-corrected chi connectivity index (χ0v) is 12.6. The van der Waals surface area contributed by atoms with Crippen molar-refractivity contribution in [2.75, 3.05) is 31.2 Å². The Morgan fingerprint density at radius 1 is 0.909 bits per heavy atom. The number of hydrogen-bond acceptors (Lipinski definition) is 4. The van der Waals surface area contributed by atoms with E-state index in [0.717, 1.165) is 44.7 Å². The molecule has 1 spiro atoms. The standard InChI is InChI=1S/C18H20N2O2/c1-2-4-15(5-3-1)16-12-17(14-19-13-16)20-8-6-18(7-9-20)21-10-11-22-18/h1-5,12-14H,6-11H2. The van der Waals surface area contributed by atoms with Gasteiger partial charge in [-0.1, -0.05) is 30.3 Å². The lowest BCUT2D eigenvalue weighted by Gasteiger charge is -2.38. The molecule has 4 nitrogen and oxygen atoms in total. The van der Waals surface area contributed by atoms with Crippen LogP contribution in [0.15, 0.2) is 48.8 Å². The van der Waals surface area contributed by atoms with Gasteiger partial charge in [-0.2, -0.15) is 0 Å². The second-order valence-corrected chi connectivity index (χ2v) is 5.89. The van der Waals surface area contributed by atoms with Crippen molar-refractivity contribution in [3.8, 4) is 11.1 Å². The monoisotopic (exact) mass is 296 g/mol. The highest BCUT2D eigenvalue weighted by atomic mass is 16.7. The molecule has 0 N–H and O–H groups in total. The van der Waals surface area contributed by atoms with Crippen molar-refractivity contribution in [1.82, 2.24) is 4.98 Å². The normalized spacial score (nSPS) is 20.5. The van der Waals surface area contributed by atoms with Gasteiger partial charge in [-0.05, 0) is 11.6 Å². The van der Waals surface area contributed by atoms with Crippen LogP contribution in [0.2, 0.25) is 0 Å². The Bertz CT molecular complexity index is 629. The van der Waals surface area contributed by atoms with Crippen LogP contribution in [0.25, 0.3) is 11.1 Å². The van der Waals surface area contributed by atoms with Gasteiger partial charge in [-0.15, -0.1) is 0 Å². The number of piperidine rings is 1. The van der Waals surface area contributed by atoms with Crippen molar-refractivity contribution in [1.29, 1.82) is 0 Å². The zero-order chi connectivity index (χ0) is 14.8. The molecule has 0 amide bonds. The first kappa shape index (κ1) is 13.7. The number of anilines is 1. The molecular weight excluding hydrogens is 276 g/mol. The minimum atomic E-state index is -0.318. The average Bonchev–Trinajstić information content (AvgIpc) is 3.05. The first-order chi connectivity index (χ1) is 10.8. The second kappa shape index (κ2) is 5.71. The van der Waals surface area contributed by atoms with Crippen LogP contribution in [0.1, 0.15) is 12.8 Å². The molecule has 0 atom stereocenters. The molecule has 1 aromatic heterocycles. The number of rotatable bonds is 2. The lowest BCUT2D eigenvalue weighted by atomic mass is 10.0. The van der Waals surface area contributed by atoms with Gasteiger partial charge in [0, 0.05) is 37.7 Å². The molecule has 2 fully saturated rings. The van der Waals surface area contributed by atoms with Crippen LogP contribution in [0.5, 0.6) is 0 Å². The van der Waals surface area contributed by atoms with Gasteiger partial charge in [0.05, 0.1) is 25.1 Å². The molecule has 0 bridgehead atoms. The number of nitrogens with zero attached hydrogens (tertiary/aromatic N) is 2. The van der Waals surface area contributed by atoms with Crippen LogP contribution in [-0.4, -0.2) is 37.1 Å². The van der Waals surface area contributed by atoms with Crippen molar-refractivity contribution >= 4 is 5.69 Å². The molecule has 2 aliphatic heterocycles. The molecular formula is C18H20N2O2. The largest absolute Gasteiger partial charge is 0.370 e. The van der Waals surface area contributed by atoms with E-state index in [1.54, 1.807) is 0 Å². The summed E-state index contributed by atoms with van der Waals surface area (Å²) in [5, 5.41) is 0. The maximum atomic E-state index is 5.79. The molecule has 22 heavy (non-hydrogen) atoms. The summed E-state index contributed by atoms with van der Waals surface area (Å²) in [5.41, 5.74) is 3.54. The summed E-state index contributed by atoms with van der Waals surface area (Å²) in [6, 6.07) is 12.6. The van der Waals surface area contributed by atoms with E-state index in [2.05, 4.69) is 40.2 Å². The van der Waals surface area contributed by atoms with Crippen LogP contribution in [-0.2, 0) is 9.47 Å². The quantitative estimate of drug-likeness (QED) is 0.853. The summed E-state index contributed by atoms with van der Waals surface area (Å²) in [6.07, 6.45) is 5.71. The lowest BCUT2D eigenvalue weighted by Crippen LogP contribution is -2.45. The van der Waals surface area contributed by atoms with Gasteiger partial charge in [0.25, 0.3) is 0 Å². The van der Waals surface area contributed by atoms with E-state index in [0.29, 0.717) is 0 Å². The molecule has 114 valence electrons. The van der Waals surface area contributed by atoms with Gasteiger partial charge in [0.1, 0.15) is 0 Å². The number of benzene rings is 1. The molecule has 2 saturated heterocycles. The highest BCUT2D eigenvalue weighted by molar-refractivity contribution is 5.67. The predicted octanol–water partition coefficient (Wildman–Crippen LogP) is 3.09. The molecule has 0 saturated carbocycles. The Labute approximate surface area is 130 Å². The van der Waals surface area contributed by atoms with E-state index in [9.17, 15) is 0 Å². The van der Waals surface area contributed by atoms with E-state index in [1.165, 1.54) is 11.3 Å². The Kier molecular flexibility index (Phi) is 3.56. The molecule has 3 heterocycles. The van der Waals surface area contributed by atoms with Gasteiger partial charge >= 0.3 is 0 Å². The summed E-state index contributed by atoms with van der Waals surface area (Å²) in [5.74, 6) is -0.318. The van der Waals surface area contributed by atoms with Crippen LogP contribution < -0.4 is 4.90 Å². The lowest BCUT2D eigenvalue weighted by molar-refractivity contribution is -0.169. The maximum absolute atomic E-state index is 5.79. The smallest absolute Gasteiger partial charge is 0.171 e. The van der Waals surface area contributed by atoms with Gasteiger partial charge in [0.2, 0.25) is 0 Å². The first-order valence-electron chi connectivity index (χ1n) is 7.88. The first-order valence-corrected chi connectivity index (χ1v) is 7.88.